The van der Waals surface area contributed by atoms with Crippen molar-refractivity contribution in [1.82, 2.24) is 5.32 Å². The number of hydrogen-bond acceptors (Lipinski definition) is 2. The summed E-state index contributed by atoms with van der Waals surface area (Å²) >= 11 is 0. The molecule has 0 aromatic heterocycles. The fraction of sp³-hybridized carbons (Fsp3) is 0.296. The van der Waals surface area contributed by atoms with E-state index in [1.165, 1.54) is 30.3 Å². The van der Waals surface area contributed by atoms with Gasteiger partial charge in [0.2, 0.25) is 5.91 Å². The van der Waals surface area contributed by atoms with Crippen LogP contribution in [0.15, 0.2) is 66.7 Å². The highest BCUT2D eigenvalue weighted by molar-refractivity contribution is 5.78. The molecule has 3 nitrogen and oxygen atoms in total. The van der Waals surface area contributed by atoms with Crippen molar-refractivity contribution in [2.24, 2.45) is 0 Å². The summed E-state index contributed by atoms with van der Waals surface area (Å²) in [6.45, 7) is 0. The van der Waals surface area contributed by atoms with Gasteiger partial charge >= 0.3 is 24.9 Å². The molecule has 0 heterocycles. The second-order valence-corrected chi connectivity index (χ2v) is 9.06. The Balaban J connectivity index is 2.34. The predicted molar refractivity (Wildman–Crippen MR) is 124 cm³/mol. The second kappa shape index (κ2) is 12.1. The third kappa shape index (κ3) is 8.10. The Morgan fingerprint density at radius 2 is 1.45 bits per heavy atom. The molecule has 0 radical (unpaired) electrons. The van der Waals surface area contributed by atoms with Gasteiger partial charge in [-0.15, -0.1) is 0 Å². The number of carbonyl (C=O) groups is 1. The minimum atomic E-state index is -5.32. The van der Waals surface area contributed by atoms with Gasteiger partial charge in [0.1, 0.15) is 17.4 Å². The number of nitrogens with one attached hydrogen (secondary N) is 1. The minimum absolute atomic E-state index is 0.177. The standard InChI is InChI=1S/C27H19F12NO2/c28-18-10-17(11-19(13-18)42-27(38,39)23(30)31)24(14-15-4-2-1-3-5-15,40-22(41)8-9-25(32,33)34)16-6-7-21(29)20(12-16)26(35,36)37/h1-7,10-13,23H,8-9,14H2,(H,40,41). The SMILES string of the molecule is O=C(CCC(F)(F)F)NC(Cc1ccccc1)(c1cc(F)cc(OC(F)(F)C(F)F)c1)c1ccc(F)c(C(F)(F)F)c1. The predicted octanol–water partition coefficient (Wildman–Crippen LogP) is 8.17. The highest BCUT2D eigenvalue weighted by Crippen LogP contribution is 2.41. The van der Waals surface area contributed by atoms with E-state index in [0.29, 0.717) is 18.2 Å². The molecule has 0 aliphatic carbocycles. The molecule has 0 aliphatic rings. The number of carbonyl (C=O) groups excluding carboxylic acids is 1. The number of alkyl halides is 10. The molecule has 0 bridgehead atoms. The van der Waals surface area contributed by atoms with E-state index in [1.54, 1.807) is 0 Å². The molecule has 15 heteroatoms. The second-order valence-electron chi connectivity index (χ2n) is 9.06. The molecule has 0 aliphatic heterocycles. The maximum atomic E-state index is 14.7. The molecule has 3 rings (SSSR count). The van der Waals surface area contributed by atoms with E-state index in [-0.39, 0.29) is 17.7 Å². The number of amides is 1. The van der Waals surface area contributed by atoms with Crippen LogP contribution in [0.2, 0.25) is 0 Å². The van der Waals surface area contributed by atoms with Crippen molar-refractivity contribution < 1.29 is 62.2 Å². The van der Waals surface area contributed by atoms with E-state index in [4.69, 9.17) is 0 Å². The molecular formula is C27H19F12NO2. The Morgan fingerprint density at radius 3 is 2.02 bits per heavy atom. The number of rotatable bonds is 10. The van der Waals surface area contributed by atoms with Crippen LogP contribution < -0.4 is 10.1 Å². The number of hydrogen-bond donors (Lipinski definition) is 1. The molecule has 3 aromatic carbocycles. The topological polar surface area (TPSA) is 38.3 Å². The van der Waals surface area contributed by atoms with Gasteiger partial charge in [-0.05, 0) is 41.0 Å². The number of halogens is 12. The summed E-state index contributed by atoms with van der Waals surface area (Å²) in [6, 6.07) is 9.64. The quantitative estimate of drug-likeness (QED) is 0.233. The van der Waals surface area contributed by atoms with Crippen LogP contribution in [0.5, 0.6) is 5.75 Å². The first-order valence-corrected chi connectivity index (χ1v) is 11.8. The third-order valence-electron chi connectivity index (χ3n) is 5.94. The summed E-state index contributed by atoms with van der Waals surface area (Å²) in [7, 11) is 0. The van der Waals surface area contributed by atoms with Crippen LogP contribution in [-0.2, 0) is 22.9 Å². The lowest BCUT2D eigenvalue weighted by Gasteiger charge is -2.37. The zero-order chi connectivity index (χ0) is 31.5. The first kappa shape index (κ1) is 32.6. The van der Waals surface area contributed by atoms with Crippen LogP contribution in [-0.4, -0.2) is 24.6 Å². The highest BCUT2D eigenvalue weighted by Gasteiger charge is 2.45. The lowest BCUT2D eigenvalue weighted by Crippen LogP contribution is -2.49. The Morgan fingerprint density at radius 1 is 0.810 bits per heavy atom. The van der Waals surface area contributed by atoms with E-state index < -0.39 is 89.7 Å². The molecule has 0 saturated heterocycles. The Labute approximate surface area is 230 Å². The van der Waals surface area contributed by atoms with Gasteiger partial charge < -0.3 is 10.1 Å². The largest absolute Gasteiger partial charge is 0.461 e. The first-order chi connectivity index (χ1) is 19.3. The van der Waals surface area contributed by atoms with E-state index in [9.17, 15) is 57.5 Å². The molecule has 228 valence electrons. The molecule has 1 amide bonds. The van der Waals surface area contributed by atoms with E-state index in [2.05, 4.69) is 10.1 Å². The minimum Gasteiger partial charge on any atom is -0.428 e. The van der Waals surface area contributed by atoms with Gasteiger partial charge in [0.25, 0.3) is 0 Å². The summed E-state index contributed by atoms with van der Waals surface area (Å²) in [5, 5.41) is 2.14. The van der Waals surface area contributed by atoms with Crippen LogP contribution in [0.1, 0.15) is 35.1 Å². The van der Waals surface area contributed by atoms with Gasteiger partial charge in [-0.25, -0.2) is 8.78 Å². The third-order valence-corrected chi connectivity index (χ3v) is 5.94. The van der Waals surface area contributed by atoms with E-state index in [1.807, 2.05) is 0 Å². The molecule has 42 heavy (non-hydrogen) atoms. The van der Waals surface area contributed by atoms with Crippen LogP contribution in [0, 0.1) is 11.6 Å². The zero-order valence-electron chi connectivity index (χ0n) is 20.9. The van der Waals surface area contributed by atoms with Gasteiger partial charge in [-0.1, -0.05) is 36.4 Å². The van der Waals surface area contributed by atoms with Crippen LogP contribution >= 0.6 is 0 Å². The monoisotopic (exact) mass is 617 g/mol. The fourth-order valence-corrected chi connectivity index (χ4v) is 4.09. The lowest BCUT2D eigenvalue weighted by atomic mass is 9.77. The van der Waals surface area contributed by atoms with Crippen molar-refractivity contribution in [3.8, 4) is 5.75 Å². The Hall–Kier alpha value is -3.91. The maximum Gasteiger partial charge on any atom is 0.461 e. The van der Waals surface area contributed by atoms with Crippen molar-refractivity contribution >= 4 is 5.91 Å². The summed E-state index contributed by atoms with van der Waals surface area (Å²) in [5.74, 6) is -5.91. The van der Waals surface area contributed by atoms with Gasteiger partial charge in [-0.3, -0.25) is 4.79 Å². The van der Waals surface area contributed by atoms with Crippen molar-refractivity contribution in [2.75, 3.05) is 0 Å². The van der Waals surface area contributed by atoms with Crippen molar-refractivity contribution in [1.29, 1.82) is 0 Å². The van der Waals surface area contributed by atoms with Crippen molar-refractivity contribution in [2.45, 2.75) is 49.7 Å². The van der Waals surface area contributed by atoms with Crippen molar-refractivity contribution in [3.05, 3.63) is 101 Å². The van der Waals surface area contributed by atoms with Crippen LogP contribution in [0.3, 0.4) is 0 Å². The summed E-state index contributed by atoms with van der Waals surface area (Å²) in [6.07, 6.45) is -23.3. The normalized spacial score (nSPS) is 14.0. The number of benzene rings is 3. The Kier molecular flexibility index (Phi) is 9.42. The summed E-state index contributed by atoms with van der Waals surface area (Å²) < 4.78 is 165. The Bertz CT molecular complexity index is 1390. The maximum absolute atomic E-state index is 14.7. The molecule has 3 aromatic rings. The fourth-order valence-electron chi connectivity index (χ4n) is 4.09. The summed E-state index contributed by atoms with van der Waals surface area (Å²) in [4.78, 5) is 12.8. The molecule has 1 N–H and O–H groups in total. The average molecular weight is 617 g/mol. The average Bonchev–Trinajstić information content (AvgIpc) is 2.86. The van der Waals surface area contributed by atoms with Crippen LogP contribution in [0.4, 0.5) is 52.7 Å². The van der Waals surface area contributed by atoms with Gasteiger partial charge in [0.15, 0.2) is 0 Å². The molecule has 1 atom stereocenters. The van der Waals surface area contributed by atoms with Gasteiger partial charge in [0, 0.05) is 18.9 Å². The molecule has 0 spiro atoms. The van der Waals surface area contributed by atoms with Crippen LogP contribution in [0.25, 0.3) is 0 Å². The van der Waals surface area contributed by atoms with Gasteiger partial charge in [-0.2, -0.15) is 43.9 Å². The lowest BCUT2D eigenvalue weighted by molar-refractivity contribution is -0.253. The van der Waals surface area contributed by atoms with E-state index >= 15 is 0 Å². The molecule has 0 fully saturated rings. The summed E-state index contributed by atoms with van der Waals surface area (Å²) in [5.41, 5.74) is -5.54. The molecule has 1 unspecified atom stereocenters. The van der Waals surface area contributed by atoms with Crippen molar-refractivity contribution in [3.63, 3.8) is 0 Å². The number of ether oxygens (including phenoxy) is 1. The highest BCUT2D eigenvalue weighted by atomic mass is 19.4. The van der Waals surface area contributed by atoms with E-state index in [0.717, 1.165) is 6.07 Å². The van der Waals surface area contributed by atoms with Gasteiger partial charge in [0.05, 0.1) is 17.5 Å². The first-order valence-electron chi connectivity index (χ1n) is 11.8. The smallest absolute Gasteiger partial charge is 0.428 e. The molecular weight excluding hydrogens is 598 g/mol. The molecule has 0 saturated carbocycles. The zero-order valence-corrected chi connectivity index (χ0v) is 20.9.